The summed E-state index contributed by atoms with van der Waals surface area (Å²) >= 11 is 0. The van der Waals surface area contributed by atoms with E-state index < -0.39 is 0 Å². The van der Waals surface area contributed by atoms with Crippen molar-refractivity contribution >= 4 is 65.4 Å². The van der Waals surface area contributed by atoms with Crippen LogP contribution in [-0.2, 0) is 0 Å². The van der Waals surface area contributed by atoms with Crippen molar-refractivity contribution < 1.29 is 0 Å². The number of fused-ring (bicyclic) bond motifs is 9. The van der Waals surface area contributed by atoms with Gasteiger partial charge in [0.05, 0.1) is 67.7 Å². The highest BCUT2D eigenvalue weighted by atomic mass is 15.0. The van der Waals surface area contributed by atoms with Crippen LogP contribution in [-0.4, -0.2) is 13.7 Å². The number of nitrogens with zero attached hydrogens (tertiary/aromatic N) is 5. The second kappa shape index (κ2) is 11.8. The minimum absolute atomic E-state index is 0.567. The first-order chi connectivity index (χ1) is 27.2. The van der Waals surface area contributed by atoms with Crippen molar-refractivity contribution in [3.8, 4) is 40.3 Å². The summed E-state index contributed by atoms with van der Waals surface area (Å²) in [6.45, 7) is 0. The number of para-hydroxylation sites is 4. The van der Waals surface area contributed by atoms with Crippen LogP contribution in [0.4, 0.5) is 0 Å². The van der Waals surface area contributed by atoms with Crippen molar-refractivity contribution in [2.24, 2.45) is 0 Å². The lowest BCUT2D eigenvalue weighted by Gasteiger charge is -2.16. The Balaban J connectivity index is 1.17. The van der Waals surface area contributed by atoms with Gasteiger partial charge in [0.1, 0.15) is 0 Å². The molecule has 0 amide bonds. The largest absolute Gasteiger partial charge is 0.309 e. The molecule has 0 unspecified atom stereocenters. The van der Waals surface area contributed by atoms with E-state index in [1.54, 1.807) is 0 Å². The lowest BCUT2D eigenvalue weighted by Crippen LogP contribution is -2.00. The first-order valence-electron chi connectivity index (χ1n) is 18.3. The van der Waals surface area contributed by atoms with Gasteiger partial charge < -0.3 is 13.7 Å². The normalized spacial score (nSPS) is 11.6. The molecule has 55 heavy (non-hydrogen) atoms. The first-order valence-corrected chi connectivity index (χ1v) is 18.3. The SMILES string of the molecule is N#Cc1ccc(-c2cccc(-n3c4ccccc4c4c(-n5c6ccccc6c6ccccc65)cccc43)c2)c(-n2c3ccccc3c3ccc(C#N)cc32)c1. The Morgan fingerprint density at radius 2 is 0.855 bits per heavy atom. The van der Waals surface area contributed by atoms with Gasteiger partial charge in [-0.25, -0.2) is 0 Å². The van der Waals surface area contributed by atoms with Crippen molar-refractivity contribution in [1.82, 2.24) is 13.7 Å². The Labute approximate surface area is 316 Å². The highest BCUT2D eigenvalue weighted by Gasteiger charge is 2.21. The molecule has 0 saturated carbocycles. The summed E-state index contributed by atoms with van der Waals surface area (Å²) in [5.74, 6) is 0. The number of rotatable bonds is 4. The zero-order chi connectivity index (χ0) is 36.6. The maximum absolute atomic E-state index is 10.1. The van der Waals surface area contributed by atoms with Gasteiger partial charge in [-0.1, -0.05) is 103 Å². The summed E-state index contributed by atoms with van der Waals surface area (Å²) in [6, 6.07) is 66.0. The summed E-state index contributed by atoms with van der Waals surface area (Å²) in [5, 5.41) is 27.0. The predicted molar refractivity (Wildman–Crippen MR) is 224 cm³/mol. The number of hydrogen-bond acceptors (Lipinski definition) is 2. The Hall–Kier alpha value is -7.86. The highest BCUT2D eigenvalue weighted by Crippen LogP contribution is 2.41. The first kappa shape index (κ1) is 30.7. The molecule has 11 aromatic rings. The molecule has 5 nitrogen and oxygen atoms in total. The van der Waals surface area contributed by atoms with Crippen LogP contribution in [0.3, 0.4) is 0 Å². The van der Waals surface area contributed by atoms with E-state index in [2.05, 4.69) is 153 Å². The summed E-state index contributed by atoms with van der Waals surface area (Å²) in [7, 11) is 0. The minimum atomic E-state index is 0.567. The van der Waals surface area contributed by atoms with Crippen LogP contribution in [0.2, 0.25) is 0 Å². The van der Waals surface area contributed by atoms with Gasteiger partial charge in [0.25, 0.3) is 0 Å². The lowest BCUT2D eigenvalue weighted by atomic mass is 10.0. The van der Waals surface area contributed by atoms with Crippen LogP contribution in [0.25, 0.3) is 93.6 Å². The van der Waals surface area contributed by atoms with Crippen LogP contribution in [0.5, 0.6) is 0 Å². The number of benzene rings is 8. The third-order valence-electron chi connectivity index (χ3n) is 11.1. The molecule has 0 radical (unpaired) electrons. The predicted octanol–water partition coefficient (Wildman–Crippen LogP) is 12.4. The van der Waals surface area contributed by atoms with Crippen LogP contribution in [0.1, 0.15) is 11.1 Å². The van der Waals surface area contributed by atoms with Gasteiger partial charge in [0, 0.05) is 43.6 Å². The van der Waals surface area contributed by atoms with Gasteiger partial charge in [0.2, 0.25) is 0 Å². The topological polar surface area (TPSA) is 62.4 Å². The quantitative estimate of drug-likeness (QED) is 0.184. The monoisotopic (exact) mass is 699 g/mol. The molecule has 3 heterocycles. The van der Waals surface area contributed by atoms with Crippen molar-refractivity contribution in [3.63, 3.8) is 0 Å². The molecule has 0 saturated heterocycles. The molecule has 0 aliphatic heterocycles. The number of hydrogen-bond donors (Lipinski definition) is 0. The second-order valence-electron chi connectivity index (χ2n) is 14.0. The summed E-state index contributed by atoms with van der Waals surface area (Å²) in [4.78, 5) is 0. The zero-order valence-electron chi connectivity index (χ0n) is 29.5. The smallest absolute Gasteiger partial charge is 0.0992 e. The van der Waals surface area contributed by atoms with Gasteiger partial charge >= 0.3 is 0 Å². The molecular weight excluding hydrogens is 671 g/mol. The van der Waals surface area contributed by atoms with E-state index in [0.29, 0.717) is 11.1 Å². The number of nitriles is 2. The van der Waals surface area contributed by atoms with Gasteiger partial charge in [-0.05, 0) is 78.4 Å². The van der Waals surface area contributed by atoms with E-state index in [4.69, 9.17) is 0 Å². The number of aromatic nitrogens is 3. The fourth-order valence-electron chi connectivity index (χ4n) is 8.79. The maximum atomic E-state index is 10.1. The van der Waals surface area contributed by atoms with E-state index in [1.165, 1.54) is 32.6 Å². The van der Waals surface area contributed by atoms with Crippen LogP contribution in [0, 0.1) is 22.7 Å². The maximum Gasteiger partial charge on any atom is 0.0992 e. The molecule has 8 aromatic carbocycles. The summed E-state index contributed by atoms with van der Waals surface area (Å²) in [5.41, 5.74) is 12.7. The molecule has 0 bridgehead atoms. The van der Waals surface area contributed by atoms with Crippen molar-refractivity contribution in [2.45, 2.75) is 0 Å². The standard InChI is InChI=1S/C50H29N5/c51-30-32-23-25-36(48(27-32)55-44-19-7-3-15-39(44)40-26-24-33(31-52)28-49(40)55)34-11-9-12-35(29-34)53-45-20-8-4-16-41(45)50-46(53)21-10-22-47(50)54-42-17-5-1-13-37(42)38-14-2-6-18-43(38)54/h1-29H. The second-order valence-corrected chi connectivity index (χ2v) is 14.0. The van der Waals surface area contributed by atoms with Crippen LogP contribution >= 0.6 is 0 Å². The van der Waals surface area contributed by atoms with E-state index in [1.807, 2.05) is 48.5 Å². The minimum Gasteiger partial charge on any atom is -0.309 e. The third kappa shape index (κ3) is 4.45. The summed E-state index contributed by atoms with van der Waals surface area (Å²) < 4.78 is 6.98. The van der Waals surface area contributed by atoms with Crippen molar-refractivity contribution in [3.05, 3.63) is 187 Å². The van der Waals surface area contributed by atoms with E-state index in [0.717, 1.165) is 61.0 Å². The molecule has 3 aromatic heterocycles. The molecule has 0 aliphatic carbocycles. The fraction of sp³-hybridized carbons (Fsp3) is 0. The van der Waals surface area contributed by atoms with Crippen LogP contribution in [0.15, 0.2) is 176 Å². The van der Waals surface area contributed by atoms with Crippen LogP contribution < -0.4 is 0 Å². The Morgan fingerprint density at radius 1 is 0.345 bits per heavy atom. The average Bonchev–Trinajstić information content (AvgIpc) is 3.89. The Bertz CT molecular complexity index is 3420. The molecule has 0 atom stereocenters. The third-order valence-corrected chi connectivity index (χ3v) is 11.1. The summed E-state index contributed by atoms with van der Waals surface area (Å²) in [6.07, 6.45) is 0. The van der Waals surface area contributed by atoms with Gasteiger partial charge in [-0.3, -0.25) is 0 Å². The van der Waals surface area contributed by atoms with E-state index in [-0.39, 0.29) is 0 Å². The van der Waals surface area contributed by atoms with Gasteiger partial charge in [0.15, 0.2) is 0 Å². The molecular formula is C50H29N5. The lowest BCUT2D eigenvalue weighted by molar-refractivity contribution is 1.16. The Kier molecular flexibility index (Phi) is 6.61. The van der Waals surface area contributed by atoms with E-state index in [9.17, 15) is 10.5 Å². The molecule has 0 spiro atoms. The average molecular weight is 700 g/mol. The van der Waals surface area contributed by atoms with Gasteiger partial charge in [-0.2, -0.15) is 10.5 Å². The van der Waals surface area contributed by atoms with E-state index >= 15 is 0 Å². The molecule has 0 fully saturated rings. The Morgan fingerprint density at radius 3 is 1.51 bits per heavy atom. The molecule has 0 aliphatic rings. The molecule has 5 heteroatoms. The zero-order valence-corrected chi connectivity index (χ0v) is 29.5. The van der Waals surface area contributed by atoms with Gasteiger partial charge in [-0.15, -0.1) is 0 Å². The van der Waals surface area contributed by atoms with Crippen molar-refractivity contribution in [2.75, 3.05) is 0 Å². The molecule has 0 N–H and O–H groups in total. The highest BCUT2D eigenvalue weighted by molar-refractivity contribution is 6.16. The molecule has 254 valence electrons. The fourth-order valence-corrected chi connectivity index (χ4v) is 8.79. The molecule has 11 rings (SSSR count). The van der Waals surface area contributed by atoms with Crippen molar-refractivity contribution in [1.29, 1.82) is 10.5 Å².